The summed E-state index contributed by atoms with van der Waals surface area (Å²) in [4.78, 5) is 37.5. The van der Waals surface area contributed by atoms with E-state index >= 15 is 0 Å². The van der Waals surface area contributed by atoms with E-state index in [9.17, 15) is 14.4 Å². The Balaban J connectivity index is 1.54. The SMILES string of the molecule is CCOc1ccccc1/C=C/C(=O)OCCN1C(=O)c2ccccc2C1=O. The van der Waals surface area contributed by atoms with E-state index in [1.54, 1.807) is 30.3 Å². The van der Waals surface area contributed by atoms with E-state index in [-0.39, 0.29) is 25.0 Å². The number of hydrogen-bond acceptors (Lipinski definition) is 5. The summed E-state index contributed by atoms with van der Waals surface area (Å²) in [6.45, 7) is 2.35. The fraction of sp³-hybridized carbons (Fsp3) is 0.190. The van der Waals surface area contributed by atoms with Crippen LogP contribution in [-0.2, 0) is 9.53 Å². The number of hydrogen-bond donors (Lipinski definition) is 0. The van der Waals surface area contributed by atoms with Gasteiger partial charge in [-0.25, -0.2) is 4.79 Å². The number of esters is 1. The number of para-hydroxylation sites is 1. The number of carbonyl (C=O) groups excluding carboxylic acids is 3. The third-order valence-electron chi connectivity index (χ3n) is 4.06. The van der Waals surface area contributed by atoms with Crippen molar-refractivity contribution in [2.75, 3.05) is 19.8 Å². The van der Waals surface area contributed by atoms with E-state index in [1.807, 2.05) is 31.2 Å². The molecule has 1 aliphatic rings. The van der Waals surface area contributed by atoms with Crippen LogP contribution in [0.1, 0.15) is 33.2 Å². The number of rotatable bonds is 7. The number of nitrogens with zero attached hydrogens (tertiary/aromatic N) is 1. The van der Waals surface area contributed by atoms with Gasteiger partial charge in [0.1, 0.15) is 12.4 Å². The first-order valence-corrected chi connectivity index (χ1v) is 8.63. The molecule has 0 unspecified atom stereocenters. The summed E-state index contributed by atoms with van der Waals surface area (Å²) < 4.78 is 10.6. The molecule has 0 radical (unpaired) electrons. The lowest BCUT2D eigenvalue weighted by atomic mass is 10.1. The second kappa shape index (κ2) is 8.31. The molecule has 0 aliphatic carbocycles. The van der Waals surface area contributed by atoms with Crippen molar-refractivity contribution in [1.29, 1.82) is 0 Å². The molecule has 6 heteroatoms. The van der Waals surface area contributed by atoms with Crippen molar-refractivity contribution in [1.82, 2.24) is 4.90 Å². The molecular formula is C21H19NO5. The zero-order valence-corrected chi connectivity index (χ0v) is 14.9. The lowest BCUT2D eigenvalue weighted by Gasteiger charge is -2.13. The summed E-state index contributed by atoms with van der Waals surface area (Å²) in [5, 5.41) is 0. The average molecular weight is 365 g/mol. The molecule has 0 N–H and O–H groups in total. The van der Waals surface area contributed by atoms with Gasteiger partial charge in [-0.1, -0.05) is 30.3 Å². The summed E-state index contributed by atoms with van der Waals surface area (Å²) in [7, 11) is 0. The molecule has 1 aliphatic heterocycles. The third-order valence-corrected chi connectivity index (χ3v) is 4.06. The van der Waals surface area contributed by atoms with Crippen molar-refractivity contribution in [3.63, 3.8) is 0 Å². The van der Waals surface area contributed by atoms with Crippen LogP contribution in [0, 0.1) is 0 Å². The number of ether oxygens (including phenoxy) is 2. The van der Waals surface area contributed by atoms with Crippen LogP contribution in [0.15, 0.2) is 54.6 Å². The van der Waals surface area contributed by atoms with Gasteiger partial charge in [0.25, 0.3) is 11.8 Å². The zero-order valence-electron chi connectivity index (χ0n) is 14.9. The Morgan fingerprint density at radius 3 is 2.30 bits per heavy atom. The number of imide groups is 1. The molecule has 0 atom stereocenters. The Kier molecular flexibility index (Phi) is 5.66. The summed E-state index contributed by atoms with van der Waals surface area (Å²) in [5.74, 6) is -0.617. The fourth-order valence-electron chi connectivity index (χ4n) is 2.79. The van der Waals surface area contributed by atoms with E-state index in [0.717, 1.165) is 10.5 Å². The van der Waals surface area contributed by atoms with Gasteiger partial charge in [-0.2, -0.15) is 0 Å². The van der Waals surface area contributed by atoms with Crippen molar-refractivity contribution in [2.24, 2.45) is 0 Å². The van der Waals surface area contributed by atoms with E-state index in [2.05, 4.69) is 0 Å². The van der Waals surface area contributed by atoms with Gasteiger partial charge in [0, 0.05) is 11.6 Å². The molecule has 0 aromatic heterocycles. The van der Waals surface area contributed by atoms with Crippen molar-refractivity contribution in [3.8, 4) is 5.75 Å². The van der Waals surface area contributed by atoms with Crippen LogP contribution in [-0.4, -0.2) is 42.4 Å². The van der Waals surface area contributed by atoms with Gasteiger partial charge < -0.3 is 9.47 Å². The lowest BCUT2D eigenvalue weighted by Crippen LogP contribution is -2.33. The van der Waals surface area contributed by atoms with E-state index in [0.29, 0.717) is 23.5 Å². The topological polar surface area (TPSA) is 72.9 Å². The first-order chi connectivity index (χ1) is 13.1. The maximum Gasteiger partial charge on any atom is 0.330 e. The van der Waals surface area contributed by atoms with E-state index < -0.39 is 5.97 Å². The Morgan fingerprint density at radius 2 is 1.63 bits per heavy atom. The van der Waals surface area contributed by atoms with Crippen LogP contribution in [0.25, 0.3) is 6.08 Å². The Bertz CT molecular complexity index is 868. The molecule has 0 spiro atoms. The first kappa shape index (κ1) is 18.4. The standard InChI is InChI=1S/C21H19NO5/c1-2-26-18-10-6-3-7-15(18)11-12-19(23)27-14-13-22-20(24)16-8-4-5-9-17(16)21(22)25/h3-12H,2,13-14H2,1H3/b12-11+. The van der Waals surface area contributed by atoms with Crippen molar-refractivity contribution >= 4 is 23.9 Å². The highest BCUT2D eigenvalue weighted by atomic mass is 16.5. The van der Waals surface area contributed by atoms with Crippen LogP contribution >= 0.6 is 0 Å². The van der Waals surface area contributed by atoms with Crippen LogP contribution in [0.5, 0.6) is 5.75 Å². The lowest BCUT2D eigenvalue weighted by molar-refractivity contribution is -0.137. The quantitative estimate of drug-likeness (QED) is 0.428. The summed E-state index contributed by atoms with van der Waals surface area (Å²) in [6, 6.07) is 14.0. The molecule has 0 bridgehead atoms. The van der Waals surface area contributed by atoms with E-state index in [4.69, 9.17) is 9.47 Å². The van der Waals surface area contributed by atoms with Gasteiger partial charge in [0.05, 0.1) is 24.3 Å². The highest BCUT2D eigenvalue weighted by molar-refractivity contribution is 6.21. The minimum absolute atomic E-state index is 0.0153. The minimum atomic E-state index is -0.557. The molecule has 6 nitrogen and oxygen atoms in total. The summed E-state index contributed by atoms with van der Waals surface area (Å²) in [5.41, 5.74) is 1.51. The van der Waals surface area contributed by atoms with Crippen LogP contribution < -0.4 is 4.74 Å². The Labute approximate surface area is 157 Å². The monoisotopic (exact) mass is 365 g/mol. The number of fused-ring (bicyclic) bond motifs is 1. The average Bonchev–Trinajstić information content (AvgIpc) is 2.93. The van der Waals surface area contributed by atoms with Gasteiger partial charge in [-0.05, 0) is 31.2 Å². The van der Waals surface area contributed by atoms with Crippen molar-refractivity contribution < 1.29 is 23.9 Å². The molecular weight excluding hydrogens is 346 g/mol. The zero-order chi connectivity index (χ0) is 19.2. The van der Waals surface area contributed by atoms with Gasteiger partial charge in [-0.3, -0.25) is 14.5 Å². The predicted molar refractivity (Wildman–Crippen MR) is 99.4 cm³/mol. The molecule has 2 aromatic carbocycles. The molecule has 27 heavy (non-hydrogen) atoms. The maximum absolute atomic E-state index is 12.2. The molecule has 0 fully saturated rings. The van der Waals surface area contributed by atoms with Crippen LogP contribution in [0.2, 0.25) is 0 Å². The molecule has 2 aromatic rings. The number of benzene rings is 2. The first-order valence-electron chi connectivity index (χ1n) is 8.63. The summed E-state index contributed by atoms with van der Waals surface area (Å²) in [6.07, 6.45) is 2.90. The van der Waals surface area contributed by atoms with Crippen LogP contribution in [0.3, 0.4) is 0 Å². The highest BCUT2D eigenvalue weighted by Gasteiger charge is 2.34. The second-order valence-corrected chi connectivity index (χ2v) is 5.78. The molecule has 138 valence electrons. The fourth-order valence-corrected chi connectivity index (χ4v) is 2.79. The van der Waals surface area contributed by atoms with Gasteiger partial charge in [0.2, 0.25) is 0 Å². The second-order valence-electron chi connectivity index (χ2n) is 5.78. The van der Waals surface area contributed by atoms with Gasteiger partial charge in [0.15, 0.2) is 0 Å². The predicted octanol–water partition coefficient (Wildman–Crippen LogP) is 2.94. The number of amides is 2. The van der Waals surface area contributed by atoms with Gasteiger partial charge >= 0.3 is 5.97 Å². The normalized spacial score (nSPS) is 13.1. The third kappa shape index (κ3) is 4.06. The highest BCUT2D eigenvalue weighted by Crippen LogP contribution is 2.22. The van der Waals surface area contributed by atoms with Gasteiger partial charge in [-0.15, -0.1) is 0 Å². The molecule has 3 rings (SSSR count). The Hall–Kier alpha value is -3.41. The molecule has 0 saturated carbocycles. The largest absolute Gasteiger partial charge is 0.493 e. The van der Waals surface area contributed by atoms with Crippen LogP contribution in [0.4, 0.5) is 0 Å². The number of carbonyl (C=O) groups is 3. The maximum atomic E-state index is 12.2. The molecule has 2 amide bonds. The van der Waals surface area contributed by atoms with Crippen molar-refractivity contribution in [2.45, 2.75) is 6.92 Å². The molecule has 1 heterocycles. The Morgan fingerprint density at radius 1 is 1.00 bits per heavy atom. The summed E-state index contributed by atoms with van der Waals surface area (Å²) >= 11 is 0. The smallest absolute Gasteiger partial charge is 0.330 e. The molecule has 0 saturated heterocycles. The minimum Gasteiger partial charge on any atom is -0.493 e. The van der Waals surface area contributed by atoms with Crippen molar-refractivity contribution in [3.05, 3.63) is 71.3 Å². The van der Waals surface area contributed by atoms with E-state index in [1.165, 1.54) is 6.08 Å².